The number of nitrogens with one attached hydrogen (secondary N) is 1. The van der Waals surface area contributed by atoms with E-state index in [1.165, 1.54) is 18.5 Å². The minimum atomic E-state index is 0.275. The lowest BCUT2D eigenvalue weighted by Crippen LogP contribution is -2.43. The van der Waals surface area contributed by atoms with Crippen molar-refractivity contribution in [1.82, 2.24) is 5.32 Å². The standard InChI is InChI=1S/C16H24N2O2/c1-2-12-19-16(3-1)13-20-15-6-4-14(5-7-15)18-10-8-17-9-11-18/h4-7,16-17H,1-3,8-13H2. The van der Waals surface area contributed by atoms with Crippen LogP contribution < -0.4 is 15.0 Å². The monoisotopic (exact) mass is 276 g/mol. The second-order valence-corrected chi connectivity index (χ2v) is 5.53. The molecule has 4 heteroatoms. The Labute approximate surface area is 121 Å². The van der Waals surface area contributed by atoms with Gasteiger partial charge in [0.25, 0.3) is 0 Å². The highest BCUT2D eigenvalue weighted by Crippen LogP contribution is 2.21. The third-order valence-corrected chi connectivity index (χ3v) is 4.03. The molecule has 0 saturated carbocycles. The SMILES string of the molecule is c1cc(N2CCNCC2)ccc1OCC1CCCCO1. The molecule has 0 spiro atoms. The molecule has 20 heavy (non-hydrogen) atoms. The second kappa shape index (κ2) is 6.95. The molecule has 2 aliphatic rings. The van der Waals surface area contributed by atoms with E-state index in [1.54, 1.807) is 0 Å². The summed E-state index contributed by atoms with van der Waals surface area (Å²) in [6.07, 6.45) is 3.85. The van der Waals surface area contributed by atoms with E-state index in [2.05, 4.69) is 34.5 Å². The van der Waals surface area contributed by atoms with Crippen LogP contribution in [0.15, 0.2) is 24.3 Å². The van der Waals surface area contributed by atoms with Crippen molar-refractivity contribution < 1.29 is 9.47 Å². The second-order valence-electron chi connectivity index (χ2n) is 5.53. The molecular weight excluding hydrogens is 252 g/mol. The molecule has 2 fully saturated rings. The van der Waals surface area contributed by atoms with E-state index in [0.29, 0.717) is 6.61 Å². The topological polar surface area (TPSA) is 33.7 Å². The van der Waals surface area contributed by atoms with Crippen molar-refractivity contribution in [1.29, 1.82) is 0 Å². The first kappa shape index (κ1) is 13.7. The van der Waals surface area contributed by atoms with Crippen LogP contribution in [0.5, 0.6) is 5.75 Å². The zero-order chi connectivity index (χ0) is 13.6. The van der Waals surface area contributed by atoms with Crippen LogP contribution in [-0.4, -0.2) is 45.5 Å². The fraction of sp³-hybridized carbons (Fsp3) is 0.625. The summed E-state index contributed by atoms with van der Waals surface area (Å²) in [6.45, 7) is 5.85. The molecule has 1 N–H and O–H groups in total. The lowest BCUT2D eigenvalue weighted by atomic mass is 10.1. The van der Waals surface area contributed by atoms with Crippen molar-refractivity contribution in [3.8, 4) is 5.75 Å². The quantitative estimate of drug-likeness (QED) is 0.912. The normalized spacial score (nSPS) is 23.6. The Bertz CT molecular complexity index is 395. The zero-order valence-electron chi connectivity index (χ0n) is 12.0. The van der Waals surface area contributed by atoms with Crippen molar-refractivity contribution in [2.75, 3.05) is 44.3 Å². The van der Waals surface area contributed by atoms with Crippen molar-refractivity contribution >= 4 is 5.69 Å². The van der Waals surface area contributed by atoms with Crippen LogP contribution in [0.1, 0.15) is 19.3 Å². The van der Waals surface area contributed by atoms with E-state index in [0.717, 1.165) is 45.0 Å². The molecule has 4 nitrogen and oxygen atoms in total. The van der Waals surface area contributed by atoms with Crippen LogP contribution in [0.4, 0.5) is 5.69 Å². The number of nitrogens with zero attached hydrogens (tertiary/aromatic N) is 1. The van der Waals surface area contributed by atoms with E-state index >= 15 is 0 Å². The van der Waals surface area contributed by atoms with E-state index in [-0.39, 0.29) is 6.10 Å². The Hall–Kier alpha value is -1.26. The Morgan fingerprint density at radius 2 is 1.95 bits per heavy atom. The van der Waals surface area contributed by atoms with E-state index in [1.807, 2.05) is 0 Å². The van der Waals surface area contributed by atoms with E-state index < -0.39 is 0 Å². The average molecular weight is 276 g/mol. The van der Waals surface area contributed by atoms with Crippen molar-refractivity contribution in [3.05, 3.63) is 24.3 Å². The molecule has 1 aromatic carbocycles. The number of ether oxygens (including phenoxy) is 2. The van der Waals surface area contributed by atoms with Crippen molar-refractivity contribution in [2.45, 2.75) is 25.4 Å². The molecule has 3 rings (SSSR count). The Morgan fingerprint density at radius 3 is 2.65 bits per heavy atom. The lowest BCUT2D eigenvalue weighted by molar-refractivity contribution is -0.0110. The van der Waals surface area contributed by atoms with Gasteiger partial charge in [0.2, 0.25) is 0 Å². The molecule has 1 aromatic rings. The van der Waals surface area contributed by atoms with E-state index in [4.69, 9.17) is 9.47 Å². The molecule has 0 bridgehead atoms. The van der Waals surface area contributed by atoms with Gasteiger partial charge in [-0.1, -0.05) is 0 Å². The molecule has 2 saturated heterocycles. The molecule has 2 heterocycles. The summed E-state index contributed by atoms with van der Waals surface area (Å²) in [5, 5.41) is 3.37. The smallest absolute Gasteiger partial charge is 0.119 e. The molecule has 2 aliphatic heterocycles. The maximum absolute atomic E-state index is 5.83. The number of hydrogen-bond acceptors (Lipinski definition) is 4. The summed E-state index contributed by atoms with van der Waals surface area (Å²) in [4.78, 5) is 2.41. The molecule has 1 unspecified atom stereocenters. The highest BCUT2D eigenvalue weighted by Gasteiger charge is 2.14. The number of piperazine rings is 1. The van der Waals surface area contributed by atoms with Gasteiger partial charge in [0.15, 0.2) is 0 Å². The molecule has 0 aromatic heterocycles. The van der Waals surface area contributed by atoms with Crippen LogP contribution in [0.3, 0.4) is 0 Å². The van der Waals surface area contributed by atoms with Crippen molar-refractivity contribution in [2.24, 2.45) is 0 Å². The fourth-order valence-electron chi connectivity index (χ4n) is 2.80. The summed E-state index contributed by atoms with van der Waals surface area (Å²) >= 11 is 0. The third-order valence-electron chi connectivity index (χ3n) is 4.03. The van der Waals surface area contributed by atoms with Gasteiger partial charge in [-0.3, -0.25) is 0 Å². The van der Waals surface area contributed by atoms with Gasteiger partial charge < -0.3 is 19.7 Å². The number of rotatable bonds is 4. The largest absolute Gasteiger partial charge is 0.491 e. The number of anilines is 1. The third kappa shape index (κ3) is 3.64. The summed E-state index contributed by atoms with van der Waals surface area (Å²) in [5.74, 6) is 0.943. The maximum atomic E-state index is 5.83. The van der Waals surface area contributed by atoms with Gasteiger partial charge in [0.05, 0.1) is 6.10 Å². The molecule has 0 radical (unpaired) electrons. The number of hydrogen-bond donors (Lipinski definition) is 1. The first-order valence-corrected chi connectivity index (χ1v) is 7.72. The van der Waals surface area contributed by atoms with Gasteiger partial charge in [-0.05, 0) is 43.5 Å². The molecule has 0 aliphatic carbocycles. The minimum absolute atomic E-state index is 0.275. The Kier molecular flexibility index (Phi) is 4.77. The Balaban J connectivity index is 1.50. The van der Waals surface area contributed by atoms with Crippen LogP contribution in [0, 0.1) is 0 Å². The predicted octanol–water partition coefficient (Wildman–Crippen LogP) is 2.04. The van der Waals surface area contributed by atoms with Gasteiger partial charge in [-0.25, -0.2) is 0 Å². The summed E-state index contributed by atoms with van der Waals surface area (Å²) < 4.78 is 11.5. The highest BCUT2D eigenvalue weighted by molar-refractivity contribution is 5.49. The van der Waals surface area contributed by atoms with Gasteiger partial charge >= 0.3 is 0 Å². The Morgan fingerprint density at radius 1 is 1.15 bits per heavy atom. The van der Waals surface area contributed by atoms with Crippen LogP contribution >= 0.6 is 0 Å². The van der Waals surface area contributed by atoms with Crippen LogP contribution in [0.25, 0.3) is 0 Å². The van der Waals surface area contributed by atoms with Gasteiger partial charge in [-0.15, -0.1) is 0 Å². The van der Waals surface area contributed by atoms with Crippen LogP contribution in [0.2, 0.25) is 0 Å². The summed E-state index contributed by atoms with van der Waals surface area (Å²) in [6, 6.07) is 8.45. The first-order chi connectivity index (χ1) is 9.92. The summed E-state index contributed by atoms with van der Waals surface area (Å²) in [7, 11) is 0. The van der Waals surface area contributed by atoms with Crippen LogP contribution in [-0.2, 0) is 4.74 Å². The molecule has 0 amide bonds. The van der Waals surface area contributed by atoms with E-state index in [9.17, 15) is 0 Å². The minimum Gasteiger partial charge on any atom is -0.491 e. The maximum Gasteiger partial charge on any atom is 0.119 e. The number of benzene rings is 1. The summed E-state index contributed by atoms with van der Waals surface area (Å²) in [5.41, 5.74) is 1.28. The first-order valence-electron chi connectivity index (χ1n) is 7.72. The van der Waals surface area contributed by atoms with Crippen molar-refractivity contribution in [3.63, 3.8) is 0 Å². The predicted molar refractivity (Wildman–Crippen MR) is 80.6 cm³/mol. The lowest BCUT2D eigenvalue weighted by Gasteiger charge is -2.29. The van der Waals surface area contributed by atoms with Gasteiger partial charge in [-0.2, -0.15) is 0 Å². The highest BCUT2D eigenvalue weighted by atomic mass is 16.5. The average Bonchev–Trinajstić information content (AvgIpc) is 2.55. The fourth-order valence-corrected chi connectivity index (χ4v) is 2.80. The molecule has 1 atom stereocenters. The molecular formula is C16H24N2O2. The van der Waals surface area contributed by atoms with Gasteiger partial charge in [0.1, 0.15) is 12.4 Å². The van der Waals surface area contributed by atoms with Gasteiger partial charge in [0, 0.05) is 38.5 Å². The molecule has 110 valence electrons. The zero-order valence-corrected chi connectivity index (χ0v) is 12.0.